The summed E-state index contributed by atoms with van der Waals surface area (Å²) >= 11 is 1.76. The second-order valence-corrected chi connectivity index (χ2v) is 6.24. The molecule has 1 saturated carbocycles. The molecule has 1 aliphatic carbocycles. The van der Waals surface area contributed by atoms with Gasteiger partial charge in [0.2, 0.25) is 0 Å². The highest BCUT2D eigenvalue weighted by molar-refractivity contribution is 7.09. The highest BCUT2D eigenvalue weighted by Crippen LogP contribution is 2.33. The first-order valence-electron chi connectivity index (χ1n) is 7.15. The summed E-state index contributed by atoms with van der Waals surface area (Å²) in [4.78, 5) is 8.30. The van der Waals surface area contributed by atoms with Gasteiger partial charge in [0, 0.05) is 30.6 Å². The van der Waals surface area contributed by atoms with Crippen molar-refractivity contribution in [3.05, 3.63) is 16.1 Å². The number of nitrogens with zero attached hydrogens (tertiary/aromatic N) is 2. The molecule has 5 heteroatoms. The van der Waals surface area contributed by atoms with Crippen molar-refractivity contribution in [2.75, 3.05) is 19.8 Å². The molecule has 2 aliphatic rings. The second-order valence-electron chi connectivity index (χ2n) is 5.31. The van der Waals surface area contributed by atoms with Gasteiger partial charge in [-0.1, -0.05) is 0 Å². The summed E-state index contributed by atoms with van der Waals surface area (Å²) in [7, 11) is 0. The molecule has 3 atom stereocenters. The summed E-state index contributed by atoms with van der Waals surface area (Å²) in [5.41, 5.74) is 3.12. The van der Waals surface area contributed by atoms with Crippen LogP contribution in [0, 0.1) is 6.92 Å². The van der Waals surface area contributed by atoms with Crippen molar-refractivity contribution in [1.29, 1.82) is 0 Å². The van der Waals surface area contributed by atoms with Crippen molar-refractivity contribution in [1.82, 2.24) is 9.88 Å². The summed E-state index contributed by atoms with van der Waals surface area (Å²) in [6, 6.07) is 0.520. The molecule has 1 aliphatic heterocycles. The normalized spacial score (nSPS) is 31.6. The van der Waals surface area contributed by atoms with E-state index in [9.17, 15) is 0 Å². The Balaban J connectivity index is 1.68. The molecule has 3 rings (SSSR count). The van der Waals surface area contributed by atoms with Gasteiger partial charge in [0.1, 0.15) is 0 Å². The Morgan fingerprint density at radius 2 is 2.42 bits per heavy atom. The predicted octanol–water partition coefficient (Wildman–Crippen LogP) is 2.22. The standard InChI is InChI=1S/C14H22N2O2S/c1-3-17-12-5-4-11-14(12)18-7-6-16(11)8-13-10(2)15-9-19-13/h9,11-12,14H,3-8H2,1-2H3/t11-,12+,14+/m1/s1. The first-order chi connectivity index (χ1) is 9.29. The second kappa shape index (κ2) is 5.87. The molecule has 2 fully saturated rings. The fourth-order valence-electron chi connectivity index (χ4n) is 3.24. The number of rotatable bonds is 4. The minimum absolute atomic E-state index is 0.266. The molecule has 0 unspecified atom stereocenters. The molecule has 1 aromatic heterocycles. The monoisotopic (exact) mass is 282 g/mol. The van der Waals surface area contributed by atoms with Gasteiger partial charge in [-0.2, -0.15) is 0 Å². The van der Waals surface area contributed by atoms with Gasteiger partial charge < -0.3 is 9.47 Å². The lowest BCUT2D eigenvalue weighted by molar-refractivity contribution is -0.113. The van der Waals surface area contributed by atoms with Crippen molar-refractivity contribution >= 4 is 11.3 Å². The van der Waals surface area contributed by atoms with Crippen LogP contribution in [0.2, 0.25) is 0 Å². The molecule has 106 valence electrons. The number of hydrogen-bond acceptors (Lipinski definition) is 5. The van der Waals surface area contributed by atoms with E-state index in [1.807, 2.05) is 5.51 Å². The Hall–Kier alpha value is -0.490. The highest BCUT2D eigenvalue weighted by Gasteiger charge is 2.43. The van der Waals surface area contributed by atoms with E-state index in [2.05, 4.69) is 23.7 Å². The maximum Gasteiger partial charge on any atom is 0.0992 e. The van der Waals surface area contributed by atoms with E-state index in [1.165, 1.54) is 17.0 Å². The van der Waals surface area contributed by atoms with E-state index in [-0.39, 0.29) is 6.10 Å². The molecule has 0 radical (unpaired) electrons. The molecule has 0 N–H and O–H groups in total. The molecule has 0 aromatic carbocycles. The third-order valence-electron chi connectivity index (χ3n) is 4.22. The van der Waals surface area contributed by atoms with Gasteiger partial charge >= 0.3 is 0 Å². The Kier molecular flexibility index (Phi) is 4.17. The molecular formula is C14H22N2O2S. The van der Waals surface area contributed by atoms with Crippen molar-refractivity contribution in [2.45, 2.75) is 51.5 Å². The lowest BCUT2D eigenvalue weighted by atomic mass is 10.1. The van der Waals surface area contributed by atoms with Gasteiger partial charge in [0.05, 0.1) is 30.0 Å². The number of thiazole rings is 1. The average Bonchev–Trinajstić information content (AvgIpc) is 2.99. The van der Waals surface area contributed by atoms with Crippen molar-refractivity contribution in [2.24, 2.45) is 0 Å². The van der Waals surface area contributed by atoms with E-state index in [1.54, 1.807) is 11.3 Å². The van der Waals surface area contributed by atoms with E-state index in [0.29, 0.717) is 12.1 Å². The zero-order valence-corrected chi connectivity index (χ0v) is 12.5. The number of fused-ring (bicyclic) bond motifs is 1. The average molecular weight is 282 g/mol. The first kappa shape index (κ1) is 13.5. The van der Waals surface area contributed by atoms with Crippen LogP contribution in [0.25, 0.3) is 0 Å². The Labute approximate surface area is 118 Å². The Morgan fingerprint density at radius 1 is 1.53 bits per heavy atom. The smallest absolute Gasteiger partial charge is 0.0992 e. The largest absolute Gasteiger partial charge is 0.376 e. The van der Waals surface area contributed by atoms with E-state index in [0.717, 1.165) is 32.7 Å². The minimum atomic E-state index is 0.266. The zero-order chi connectivity index (χ0) is 13.2. The predicted molar refractivity (Wildman–Crippen MR) is 75.4 cm³/mol. The SMILES string of the molecule is CCO[C@H]1CC[C@@H]2[C@@H]1OCCN2Cc1scnc1C. The number of morpholine rings is 1. The molecule has 0 spiro atoms. The molecule has 2 heterocycles. The van der Waals surface area contributed by atoms with Gasteiger partial charge in [-0.15, -0.1) is 11.3 Å². The summed E-state index contributed by atoms with van der Waals surface area (Å²) in [5, 5.41) is 0. The summed E-state index contributed by atoms with van der Waals surface area (Å²) in [6.07, 6.45) is 2.87. The fourth-order valence-corrected chi connectivity index (χ4v) is 4.04. The topological polar surface area (TPSA) is 34.6 Å². The maximum absolute atomic E-state index is 5.97. The van der Waals surface area contributed by atoms with E-state index < -0.39 is 0 Å². The third kappa shape index (κ3) is 2.70. The van der Waals surface area contributed by atoms with Crippen LogP contribution in [-0.2, 0) is 16.0 Å². The fraction of sp³-hybridized carbons (Fsp3) is 0.786. The van der Waals surface area contributed by atoms with Gasteiger partial charge in [0.25, 0.3) is 0 Å². The molecule has 19 heavy (non-hydrogen) atoms. The highest BCUT2D eigenvalue weighted by atomic mass is 32.1. The van der Waals surface area contributed by atoms with E-state index >= 15 is 0 Å². The Morgan fingerprint density at radius 3 is 3.16 bits per heavy atom. The third-order valence-corrected chi connectivity index (χ3v) is 5.14. The molecule has 1 aromatic rings. The summed E-state index contributed by atoms with van der Waals surface area (Å²) < 4.78 is 11.8. The summed E-state index contributed by atoms with van der Waals surface area (Å²) in [5.74, 6) is 0. The quantitative estimate of drug-likeness (QED) is 0.848. The molecule has 1 saturated heterocycles. The van der Waals surface area contributed by atoms with Crippen LogP contribution in [0.1, 0.15) is 30.3 Å². The van der Waals surface area contributed by atoms with Crippen LogP contribution in [-0.4, -0.2) is 47.9 Å². The zero-order valence-electron chi connectivity index (χ0n) is 11.7. The van der Waals surface area contributed by atoms with Crippen LogP contribution < -0.4 is 0 Å². The Bertz CT molecular complexity index is 423. The number of hydrogen-bond donors (Lipinski definition) is 0. The van der Waals surface area contributed by atoms with E-state index in [4.69, 9.17) is 9.47 Å². The van der Waals surface area contributed by atoms with Gasteiger partial charge in [-0.3, -0.25) is 4.90 Å². The molecule has 0 amide bonds. The first-order valence-corrected chi connectivity index (χ1v) is 8.03. The van der Waals surface area contributed by atoms with Crippen LogP contribution in [0.5, 0.6) is 0 Å². The molecule has 0 bridgehead atoms. The lowest BCUT2D eigenvalue weighted by Gasteiger charge is -2.38. The maximum atomic E-state index is 5.97. The number of aromatic nitrogens is 1. The van der Waals surface area contributed by atoms with Crippen LogP contribution in [0.4, 0.5) is 0 Å². The number of ether oxygens (including phenoxy) is 2. The van der Waals surface area contributed by atoms with Gasteiger partial charge in [-0.25, -0.2) is 4.98 Å². The van der Waals surface area contributed by atoms with Crippen molar-refractivity contribution in [3.63, 3.8) is 0 Å². The van der Waals surface area contributed by atoms with Gasteiger partial charge in [0.15, 0.2) is 0 Å². The van der Waals surface area contributed by atoms with Crippen LogP contribution >= 0.6 is 11.3 Å². The lowest BCUT2D eigenvalue weighted by Crippen LogP contribution is -2.51. The molecule has 4 nitrogen and oxygen atoms in total. The van der Waals surface area contributed by atoms with Crippen molar-refractivity contribution in [3.8, 4) is 0 Å². The summed E-state index contributed by atoms with van der Waals surface area (Å²) in [6.45, 7) is 7.81. The minimum Gasteiger partial charge on any atom is -0.376 e. The molecular weight excluding hydrogens is 260 g/mol. The van der Waals surface area contributed by atoms with Crippen molar-refractivity contribution < 1.29 is 9.47 Å². The van der Waals surface area contributed by atoms with Crippen LogP contribution in [0.3, 0.4) is 0 Å². The number of aryl methyl sites for hydroxylation is 1. The van der Waals surface area contributed by atoms with Crippen LogP contribution in [0.15, 0.2) is 5.51 Å². The van der Waals surface area contributed by atoms with Gasteiger partial charge in [-0.05, 0) is 26.7 Å².